The zero-order valence-electron chi connectivity index (χ0n) is 10.0. The number of methoxy groups -OCH3 is 1. The summed E-state index contributed by atoms with van der Waals surface area (Å²) in [4.78, 5) is 25.7. The van der Waals surface area contributed by atoms with Crippen molar-refractivity contribution in [3.05, 3.63) is 28.8 Å². The first-order valence-corrected chi connectivity index (χ1v) is 5.65. The minimum Gasteiger partial charge on any atom is -0.481 e. The van der Waals surface area contributed by atoms with Gasteiger partial charge in [-0.1, -0.05) is 11.6 Å². The first-order valence-electron chi connectivity index (χ1n) is 5.28. The van der Waals surface area contributed by atoms with Gasteiger partial charge in [0.1, 0.15) is 11.0 Å². The van der Waals surface area contributed by atoms with Crippen molar-refractivity contribution >= 4 is 23.5 Å². The minimum absolute atomic E-state index is 0.0333. The SMILES string of the molecule is COC(CNC(=O)c1cc(F)cnc1Cl)CC(=O)O. The van der Waals surface area contributed by atoms with Crippen molar-refractivity contribution in [3.63, 3.8) is 0 Å². The average Bonchev–Trinajstić information content (AvgIpc) is 2.36. The molecule has 0 aliphatic carbocycles. The number of carbonyl (C=O) groups is 2. The lowest BCUT2D eigenvalue weighted by Gasteiger charge is -2.14. The average molecular weight is 291 g/mol. The molecule has 1 heterocycles. The Bertz CT molecular complexity index is 484. The van der Waals surface area contributed by atoms with Crippen LogP contribution in [0.2, 0.25) is 5.15 Å². The minimum atomic E-state index is -1.05. The van der Waals surface area contributed by atoms with E-state index in [1.54, 1.807) is 0 Å². The summed E-state index contributed by atoms with van der Waals surface area (Å²) in [6.07, 6.45) is -0.0466. The van der Waals surface area contributed by atoms with Crippen LogP contribution in [-0.2, 0) is 9.53 Å². The number of carbonyl (C=O) groups excluding carboxylic acids is 1. The lowest BCUT2D eigenvalue weighted by atomic mass is 10.2. The predicted molar refractivity (Wildman–Crippen MR) is 64.6 cm³/mol. The fourth-order valence-electron chi connectivity index (χ4n) is 1.32. The van der Waals surface area contributed by atoms with Crippen LogP contribution in [0.1, 0.15) is 16.8 Å². The Kier molecular flexibility index (Phi) is 5.65. The van der Waals surface area contributed by atoms with Gasteiger partial charge in [-0.05, 0) is 6.07 Å². The summed E-state index contributed by atoms with van der Waals surface area (Å²) >= 11 is 5.66. The van der Waals surface area contributed by atoms with E-state index in [4.69, 9.17) is 21.4 Å². The van der Waals surface area contributed by atoms with Crippen LogP contribution in [-0.4, -0.2) is 41.7 Å². The van der Waals surface area contributed by atoms with Crippen LogP contribution >= 0.6 is 11.6 Å². The number of carboxylic acids is 1. The summed E-state index contributed by atoms with van der Waals surface area (Å²) in [6.45, 7) is -0.0333. The molecule has 0 aliphatic heterocycles. The number of ether oxygens (including phenoxy) is 1. The summed E-state index contributed by atoms with van der Waals surface area (Å²) in [7, 11) is 1.33. The number of aromatic nitrogens is 1. The third kappa shape index (κ3) is 4.80. The number of amides is 1. The van der Waals surface area contributed by atoms with Gasteiger partial charge in [-0.25, -0.2) is 9.37 Å². The van der Waals surface area contributed by atoms with Crippen molar-refractivity contribution < 1.29 is 23.8 Å². The third-order valence-electron chi connectivity index (χ3n) is 2.28. The molecule has 0 saturated heterocycles. The van der Waals surface area contributed by atoms with Crippen molar-refractivity contribution in [2.45, 2.75) is 12.5 Å². The van der Waals surface area contributed by atoms with E-state index in [0.717, 1.165) is 12.3 Å². The molecule has 0 aliphatic rings. The Morgan fingerprint density at radius 1 is 1.63 bits per heavy atom. The normalized spacial score (nSPS) is 11.9. The Labute approximate surface area is 113 Å². The molecule has 8 heteroatoms. The predicted octanol–water partition coefficient (Wildman–Crippen LogP) is 1.09. The molecule has 1 aromatic rings. The van der Waals surface area contributed by atoms with Gasteiger partial charge in [0, 0.05) is 13.7 Å². The van der Waals surface area contributed by atoms with Crippen molar-refractivity contribution in [1.82, 2.24) is 10.3 Å². The van der Waals surface area contributed by atoms with Crippen LogP contribution in [0, 0.1) is 5.82 Å². The lowest BCUT2D eigenvalue weighted by molar-refractivity contribution is -0.139. The number of nitrogens with zero attached hydrogens (tertiary/aromatic N) is 1. The van der Waals surface area contributed by atoms with Crippen molar-refractivity contribution in [2.75, 3.05) is 13.7 Å². The number of nitrogens with one attached hydrogen (secondary N) is 1. The zero-order valence-corrected chi connectivity index (χ0v) is 10.8. The molecule has 6 nitrogen and oxygen atoms in total. The zero-order chi connectivity index (χ0) is 14.4. The molecule has 19 heavy (non-hydrogen) atoms. The number of aliphatic carboxylic acids is 1. The summed E-state index contributed by atoms with van der Waals surface area (Å²) in [5, 5.41) is 10.9. The highest BCUT2D eigenvalue weighted by Gasteiger charge is 2.16. The highest BCUT2D eigenvalue weighted by atomic mass is 35.5. The molecule has 1 atom stereocenters. The molecule has 104 valence electrons. The van der Waals surface area contributed by atoms with Crippen LogP contribution in [0.3, 0.4) is 0 Å². The van der Waals surface area contributed by atoms with E-state index < -0.39 is 23.8 Å². The van der Waals surface area contributed by atoms with Gasteiger partial charge >= 0.3 is 5.97 Å². The summed E-state index contributed by atoms with van der Waals surface area (Å²) < 4.78 is 17.8. The second kappa shape index (κ2) is 7.01. The van der Waals surface area contributed by atoms with Crippen LogP contribution in [0.4, 0.5) is 4.39 Å². The van der Waals surface area contributed by atoms with E-state index in [1.165, 1.54) is 7.11 Å². The molecular formula is C11H12ClFN2O4. The number of hydrogen-bond donors (Lipinski definition) is 2. The van der Waals surface area contributed by atoms with Gasteiger partial charge in [0.25, 0.3) is 5.91 Å². The maximum absolute atomic E-state index is 12.9. The molecule has 1 rings (SSSR count). The largest absolute Gasteiger partial charge is 0.481 e. The molecule has 2 N–H and O–H groups in total. The maximum Gasteiger partial charge on any atom is 0.306 e. The Morgan fingerprint density at radius 3 is 2.89 bits per heavy atom. The topological polar surface area (TPSA) is 88.5 Å². The standard InChI is InChI=1S/C11H12ClFN2O4/c1-19-7(3-9(16)17)5-15-11(18)8-2-6(13)4-14-10(8)12/h2,4,7H,3,5H2,1H3,(H,15,18)(H,16,17). The van der Waals surface area contributed by atoms with Gasteiger partial charge in [-0.3, -0.25) is 9.59 Å². The Hall–Kier alpha value is -1.73. The fraction of sp³-hybridized carbons (Fsp3) is 0.364. The van der Waals surface area contributed by atoms with Gasteiger partial charge in [0.15, 0.2) is 0 Å². The van der Waals surface area contributed by atoms with Crippen LogP contribution in [0.5, 0.6) is 0 Å². The van der Waals surface area contributed by atoms with E-state index in [1.807, 2.05) is 0 Å². The van der Waals surface area contributed by atoms with Gasteiger partial charge < -0.3 is 15.2 Å². The molecule has 0 radical (unpaired) electrons. The number of rotatable bonds is 6. The first kappa shape index (κ1) is 15.3. The maximum atomic E-state index is 12.9. The van der Waals surface area contributed by atoms with E-state index in [2.05, 4.69) is 10.3 Å². The second-order valence-electron chi connectivity index (χ2n) is 3.66. The molecule has 0 fully saturated rings. The number of pyridine rings is 1. The van der Waals surface area contributed by atoms with Crippen molar-refractivity contribution in [3.8, 4) is 0 Å². The highest BCUT2D eigenvalue weighted by molar-refractivity contribution is 6.32. The van der Waals surface area contributed by atoms with E-state index in [-0.39, 0.29) is 23.7 Å². The molecule has 1 aromatic heterocycles. The van der Waals surface area contributed by atoms with Crippen molar-refractivity contribution in [1.29, 1.82) is 0 Å². The molecule has 0 spiro atoms. The van der Waals surface area contributed by atoms with Crippen LogP contribution < -0.4 is 5.32 Å². The highest BCUT2D eigenvalue weighted by Crippen LogP contribution is 2.13. The lowest BCUT2D eigenvalue weighted by Crippen LogP contribution is -2.34. The van der Waals surface area contributed by atoms with Gasteiger partial charge in [-0.2, -0.15) is 0 Å². The van der Waals surface area contributed by atoms with E-state index in [9.17, 15) is 14.0 Å². The van der Waals surface area contributed by atoms with Gasteiger partial charge in [-0.15, -0.1) is 0 Å². The molecule has 0 bridgehead atoms. The van der Waals surface area contributed by atoms with E-state index >= 15 is 0 Å². The van der Waals surface area contributed by atoms with Crippen molar-refractivity contribution in [2.24, 2.45) is 0 Å². The Morgan fingerprint density at radius 2 is 2.32 bits per heavy atom. The molecule has 1 unspecified atom stereocenters. The Balaban J connectivity index is 2.64. The third-order valence-corrected chi connectivity index (χ3v) is 2.58. The summed E-state index contributed by atoms with van der Waals surface area (Å²) in [6, 6.07) is 0.948. The molecule has 1 amide bonds. The molecule has 0 aromatic carbocycles. The van der Waals surface area contributed by atoms with Crippen LogP contribution in [0.25, 0.3) is 0 Å². The van der Waals surface area contributed by atoms with E-state index in [0.29, 0.717) is 0 Å². The smallest absolute Gasteiger partial charge is 0.306 e. The second-order valence-corrected chi connectivity index (χ2v) is 4.02. The number of hydrogen-bond acceptors (Lipinski definition) is 4. The monoisotopic (exact) mass is 290 g/mol. The quantitative estimate of drug-likeness (QED) is 0.766. The number of carboxylic acid groups (broad SMARTS) is 1. The van der Waals surface area contributed by atoms with Crippen LogP contribution in [0.15, 0.2) is 12.3 Å². The molecular weight excluding hydrogens is 279 g/mol. The van der Waals surface area contributed by atoms with Gasteiger partial charge in [0.05, 0.1) is 24.3 Å². The van der Waals surface area contributed by atoms with Gasteiger partial charge in [0.2, 0.25) is 0 Å². The summed E-state index contributed by atoms with van der Waals surface area (Å²) in [5.74, 6) is -2.39. The summed E-state index contributed by atoms with van der Waals surface area (Å²) in [5.41, 5.74) is -0.119. The number of halogens is 2. The first-order chi connectivity index (χ1) is 8.93. The molecule has 0 saturated carbocycles. The fourth-order valence-corrected chi connectivity index (χ4v) is 1.51.